The van der Waals surface area contributed by atoms with Crippen molar-refractivity contribution in [2.45, 2.75) is 6.54 Å². The molecule has 0 amide bonds. The van der Waals surface area contributed by atoms with Crippen LogP contribution in [-0.2, 0) is 6.54 Å². The monoisotopic (exact) mass is 304 g/mol. The predicted molar refractivity (Wildman–Crippen MR) is 69.6 cm³/mol. The molecule has 0 aliphatic rings. The van der Waals surface area contributed by atoms with E-state index in [1.54, 1.807) is 18.6 Å². The summed E-state index contributed by atoms with van der Waals surface area (Å²) in [5, 5.41) is 0. The van der Waals surface area contributed by atoms with Crippen molar-refractivity contribution in [3.63, 3.8) is 0 Å². The Morgan fingerprint density at radius 3 is 2.89 bits per heavy atom. The van der Waals surface area contributed by atoms with Gasteiger partial charge in [0.05, 0.1) is 18.6 Å². The van der Waals surface area contributed by atoms with Crippen LogP contribution in [0, 0.1) is 0 Å². The molecular formula is C12H9BrN4O. The smallest absolute Gasteiger partial charge is 0.151 e. The van der Waals surface area contributed by atoms with Crippen LogP contribution in [0.2, 0.25) is 0 Å². The van der Waals surface area contributed by atoms with Crippen molar-refractivity contribution in [3.05, 3.63) is 52.9 Å². The molecule has 0 saturated carbocycles. The second-order valence-corrected chi connectivity index (χ2v) is 4.76. The number of carbonyl (C=O) groups is 1. The fourth-order valence-electron chi connectivity index (χ4n) is 1.81. The largest absolute Gasteiger partial charge is 0.330 e. The number of imidazole rings is 2. The fraction of sp³-hybridized carbons (Fsp3) is 0.0833. The van der Waals surface area contributed by atoms with Gasteiger partial charge in [0.25, 0.3) is 0 Å². The van der Waals surface area contributed by atoms with Crippen LogP contribution in [-0.4, -0.2) is 25.2 Å². The van der Waals surface area contributed by atoms with Gasteiger partial charge in [0.1, 0.15) is 10.3 Å². The molecule has 0 aromatic carbocycles. The van der Waals surface area contributed by atoms with Crippen LogP contribution in [0.4, 0.5) is 0 Å². The van der Waals surface area contributed by atoms with E-state index in [4.69, 9.17) is 0 Å². The molecule has 5 nitrogen and oxygen atoms in total. The Hall–Kier alpha value is -1.95. The number of hydrogen-bond donors (Lipinski definition) is 0. The van der Waals surface area contributed by atoms with E-state index in [0.29, 0.717) is 12.1 Å². The first kappa shape index (κ1) is 11.2. The highest BCUT2D eigenvalue weighted by Gasteiger charge is 2.03. The van der Waals surface area contributed by atoms with Gasteiger partial charge in [-0.3, -0.25) is 4.79 Å². The number of fused-ring (bicyclic) bond motifs is 1. The maximum atomic E-state index is 10.7. The number of aromatic nitrogens is 4. The molecule has 0 saturated heterocycles. The van der Waals surface area contributed by atoms with Crippen LogP contribution < -0.4 is 0 Å². The molecule has 0 unspecified atom stereocenters. The Balaban J connectivity index is 1.95. The minimum absolute atomic E-state index is 0.636. The molecule has 0 aliphatic heterocycles. The third-order valence-electron chi connectivity index (χ3n) is 2.61. The lowest BCUT2D eigenvalue weighted by Crippen LogP contribution is -1.95. The summed E-state index contributed by atoms with van der Waals surface area (Å²) >= 11 is 3.30. The molecule has 0 radical (unpaired) electrons. The highest BCUT2D eigenvalue weighted by molar-refractivity contribution is 9.10. The van der Waals surface area contributed by atoms with Crippen molar-refractivity contribution in [1.82, 2.24) is 18.9 Å². The first-order chi connectivity index (χ1) is 8.74. The lowest BCUT2D eigenvalue weighted by Gasteiger charge is -1.95. The highest BCUT2D eigenvalue weighted by Crippen LogP contribution is 2.10. The Kier molecular flexibility index (Phi) is 2.71. The standard InChI is InChI=1S/C12H9BrN4O/c13-11-6-16(8-14-11)4-10-5-17-3-9(7-18)1-2-12(17)15-10/h1-3,5-8H,4H2. The van der Waals surface area contributed by atoms with Crippen LogP contribution in [0.3, 0.4) is 0 Å². The molecule has 0 spiro atoms. The molecule has 0 atom stereocenters. The van der Waals surface area contributed by atoms with Crippen molar-refractivity contribution in [2.24, 2.45) is 0 Å². The van der Waals surface area contributed by atoms with Crippen LogP contribution in [0.1, 0.15) is 16.1 Å². The molecule has 3 rings (SSSR count). The summed E-state index contributed by atoms with van der Waals surface area (Å²) in [6.45, 7) is 0.650. The number of nitrogens with zero attached hydrogens (tertiary/aromatic N) is 4. The van der Waals surface area contributed by atoms with Crippen molar-refractivity contribution < 1.29 is 4.79 Å². The highest BCUT2D eigenvalue weighted by atomic mass is 79.9. The molecule has 0 fully saturated rings. The Labute approximate surface area is 111 Å². The fourth-order valence-corrected chi connectivity index (χ4v) is 2.17. The Bertz CT molecular complexity index is 716. The topological polar surface area (TPSA) is 52.2 Å². The third kappa shape index (κ3) is 2.06. The molecule has 0 N–H and O–H groups in total. The summed E-state index contributed by atoms with van der Waals surface area (Å²) < 4.78 is 4.59. The minimum atomic E-state index is 0.636. The van der Waals surface area contributed by atoms with Gasteiger partial charge in [-0.2, -0.15) is 0 Å². The summed E-state index contributed by atoms with van der Waals surface area (Å²) in [4.78, 5) is 19.3. The van der Waals surface area contributed by atoms with Crippen LogP contribution in [0.5, 0.6) is 0 Å². The number of carbonyl (C=O) groups excluding carboxylic acids is 1. The zero-order valence-electron chi connectivity index (χ0n) is 9.32. The van der Waals surface area contributed by atoms with E-state index in [-0.39, 0.29) is 0 Å². The van der Waals surface area contributed by atoms with Crippen LogP contribution in [0.15, 0.2) is 41.7 Å². The number of rotatable bonds is 3. The summed E-state index contributed by atoms with van der Waals surface area (Å²) in [5.74, 6) is 0. The first-order valence-corrected chi connectivity index (χ1v) is 6.14. The number of hydrogen-bond acceptors (Lipinski definition) is 3. The van der Waals surface area contributed by atoms with Gasteiger partial charge >= 0.3 is 0 Å². The third-order valence-corrected chi connectivity index (χ3v) is 3.02. The van der Waals surface area contributed by atoms with Crippen molar-refractivity contribution in [1.29, 1.82) is 0 Å². The Morgan fingerprint density at radius 2 is 2.17 bits per heavy atom. The maximum absolute atomic E-state index is 10.7. The van der Waals surface area contributed by atoms with Crippen LogP contribution >= 0.6 is 15.9 Å². The maximum Gasteiger partial charge on any atom is 0.151 e. The van der Waals surface area contributed by atoms with Crippen LogP contribution in [0.25, 0.3) is 5.65 Å². The molecular weight excluding hydrogens is 296 g/mol. The zero-order chi connectivity index (χ0) is 12.5. The Morgan fingerprint density at radius 1 is 1.28 bits per heavy atom. The molecule has 3 aromatic rings. The molecule has 3 heterocycles. The van der Waals surface area contributed by atoms with E-state index in [2.05, 4.69) is 25.9 Å². The number of aldehydes is 1. The second-order valence-electron chi connectivity index (χ2n) is 3.95. The first-order valence-electron chi connectivity index (χ1n) is 5.35. The predicted octanol–water partition coefficient (Wildman–Crippen LogP) is 2.15. The van der Waals surface area contributed by atoms with Gasteiger partial charge in [-0.05, 0) is 28.1 Å². The van der Waals surface area contributed by atoms with Gasteiger partial charge in [-0.1, -0.05) is 0 Å². The van der Waals surface area contributed by atoms with Gasteiger partial charge in [-0.25, -0.2) is 9.97 Å². The zero-order valence-corrected chi connectivity index (χ0v) is 10.9. The van der Waals surface area contributed by atoms with Crippen molar-refractivity contribution in [2.75, 3.05) is 0 Å². The summed E-state index contributed by atoms with van der Waals surface area (Å²) in [6.07, 6.45) is 8.14. The van der Waals surface area contributed by atoms with Gasteiger partial charge in [0, 0.05) is 24.2 Å². The van der Waals surface area contributed by atoms with E-state index in [1.165, 1.54) is 0 Å². The molecule has 90 valence electrons. The number of pyridine rings is 1. The minimum Gasteiger partial charge on any atom is -0.330 e. The number of halogens is 1. The van der Waals surface area contributed by atoms with Gasteiger partial charge < -0.3 is 8.97 Å². The van der Waals surface area contributed by atoms with E-state index >= 15 is 0 Å². The average molecular weight is 305 g/mol. The molecule has 0 aliphatic carbocycles. The lowest BCUT2D eigenvalue weighted by atomic mass is 10.3. The molecule has 6 heteroatoms. The van der Waals surface area contributed by atoms with Crippen molar-refractivity contribution >= 4 is 27.9 Å². The summed E-state index contributed by atoms with van der Waals surface area (Å²) in [6, 6.07) is 3.59. The summed E-state index contributed by atoms with van der Waals surface area (Å²) in [5.41, 5.74) is 2.38. The van der Waals surface area contributed by atoms with E-state index in [1.807, 2.05) is 27.4 Å². The summed E-state index contributed by atoms with van der Waals surface area (Å²) in [7, 11) is 0. The van der Waals surface area contributed by atoms with E-state index in [0.717, 1.165) is 22.2 Å². The van der Waals surface area contributed by atoms with Crippen molar-refractivity contribution in [3.8, 4) is 0 Å². The average Bonchev–Trinajstić information content (AvgIpc) is 2.94. The second kappa shape index (κ2) is 4.38. The quantitative estimate of drug-likeness (QED) is 0.697. The van der Waals surface area contributed by atoms with Gasteiger partial charge in [0.2, 0.25) is 0 Å². The SMILES string of the molecule is O=Cc1ccc2nc(Cn3cnc(Br)c3)cn2c1. The lowest BCUT2D eigenvalue weighted by molar-refractivity contribution is 0.112. The molecule has 0 bridgehead atoms. The van der Waals surface area contributed by atoms with E-state index in [9.17, 15) is 4.79 Å². The molecule has 3 aromatic heterocycles. The normalized spacial score (nSPS) is 10.9. The van der Waals surface area contributed by atoms with E-state index < -0.39 is 0 Å². The molecule has 18 heavy (non-hydrogen) atoms. The van der Waals surface area contributed by atoms with Gasteiger partial charge in [-0.15, -0.1) is 0 Å². The van der Waals surface area contributed by atoms with Gasteiger partial charge in [0.15, 0.2) is 6.29 Å².